The van der Waals surface area contributed by atoms with Crippen LogP contribution in [0.4, 0.5) is 0 Å². The van der Waals surface area contributed by atoms with E-state index in [0.717, 1.165) is 16.7 Å². The number of aromatic hydroxyl groups is 1. The topological polar surface area (TPSA) is 101 Å². The molecule has 0 spiro atoms. The molecule has 1 aliphatic rings. The van der Waals surface area contributed by atoms with E-state index in [4.69, 9.17) is 23.7 Å². The number of esters is 2. The van der Waals surface area contributed by atoms with Crippen LogP contribution in [-0.4, -0.2) is 44.5 Å². The van der Waals surface area contributed by atoms with Gasteiger partial charge in [-0.25, -0.2) is 0 Å². The first-order valence-electron chi connectivity index (χ1n) is 12.9. The van der Waals surface area contributed by atoms with E-state index in [1.807, 2.05) is 45.9 Å². The number of phenolic OH excluding ortho intramolecular Hbond substituents is 1. The van der Waals surface area contributed by atoms with Gasteiger partial charge in [0.2, 0.25) is 0 Å². The van der Waals surface area contributed by atoms with Crippen molar-refractivity contribution in [3.8, 4) is 23.0 Å². The van der Waals surface area contributed by atoms with Gasteiger partial charge in [-0.2, -0.15) is 0 Å². The first-order valence-corrected chi connectivity index (χ1v) is 12.9. The summed E-state index contributed by atoms with van der Waals surface area (Å²) in [5.74, 6) is 1.01. The van der Waals surface area contributed by atoms with Crippen LogP contribution < -0.4 is 14.2 Å². The molecule has 0 fully saturated rings. The SMILES string of the molecule is COc1cc(C2Oc3c(OC)cc(C=CCOC(=O)CC(C)C)cc3C2COC(=O)CC(C)C)ccc1O. The molecule has 1 N–H and O–H groups in total. The molecule has 8 heteroatoms. The molecular formula is C30H38O8. The Hall–Kier alpha value is -3.68. The van der Waals surface area contributed by atoms with E-state index in [2.05, 4.69) is 0 Å². The summed E-state index contributed by atoms with van der Waals surface area (Å²) >= 11 is 0. The molecule has 206 valence electrons. The lowest BCUT2D eigenvalue weighted by Crippen LogP contribution is -2.18. The fourth-order valence-corrected chi connectivity index (χ4v) is 4.31. The van der Waals surface area contributed by atoms with Crippen molar-refractivity contribution < 1.29 is 38.4 Å². The monoisotopic (exact) mass is 526 g/mol. The van der Waals surface area contributed by atoms with Crippen molar-refractivity contribution in [1.29, 1.82) is 0 Å². The number of methoxy groups -OCH3 is 2. The second-order valence-electron chi connectivity index (χ2n) is 10.2. The van der Waals surface area contributed by atoms with Crippen LogP contribution in [0.2, 0.25) is 0 Å². The number of hydrogen-bond donors (Lipinski definition) is 1. The van der Waals surface area contributed by atoms with Crippen LogP contribution >= 0.6 is 0 Å². The lowest BCUT2D eigenvalue weighted by molar-refractivity contribution is -0.145. The Morgan fingerprint density at radius 2 is 1.61 bits per heavy atom. The summed E-state index contributed by atoms with van der Waals surface area (Å²) in [5, 5.41) is 10.1. The fourth-order valence-electron chi connectivity index (χ4n) is 4.31. The molecule has 1 heterocycles. The first kappa shape index (κ1) is 28.9. The van der Waals surface area contributed by atoms with Crippen LogP contribution in [0, 0.1) is 11.8 Å². The maximum atomic E-state index is 12.4. The van der Waals surface area contributed by atoms with Gasteiger partial charge in [0.15, 0.2) is 23.0 Å². The third kappa shape index (κ3) is 7.43. The van der Waals surface area contributed by atoms with Crippen LogP contribution in [0.25, 0.3) is 6.08 Å². The number of hydrogen-bond acceptors (Lipinski definition) is 8. The molecule has 0 amide bonds. The summed E-state index contributed by atoms with van der Waals surface area (Å²) in [4.78, 5) is 24.2. The summed E-state index contributed by atoms with van der Waals surface area (Å²) < 4.78 is 28.3. The third-order valence-corrected chi connectivity index (χ3v) is 6.09. The number of phenols is 1. The Morgan fingerprint density at radius 1 is 0.947 bits per heavy atom. The zero-order chi connectivity index (χ0) is 27.8. The number of benzene rings is 2. The number of ether oxygens (including phenoxy) is 5. The summed E-state index contributed by atoms with van der Waals surface area (Å²) in [5.41, 5.74) is 2.42. The lowest BCUT2D eigenvalue weighted by atomic mass is 9.90. The highest BCUT2D eigenvalue weighted by Crippen LogP contribution is 2.51. The van der Waals surface area contributed by atoms with Gasteiger partial charge in [-0.1, -0.05) is 39.8 Å². The minimum Gasteiger partial charge on any atom is -0.504 e. The Kier molecular flexibility index (Phi) is 10.0. The van der Waals surface area contributed by atoms with Crippen LogP contribution in [0.3, 0.4) is 0 Å². The van der Waals surface area contributed by atoms with Crippen LogP contribution in [0.15, 0.2) is 36.4 Å². The molecule has 0 aliphatic carbocycles. The lowest BCUT2D eigenvalue weighted by Gasteiger charge is -2.20. The molecule has 0 bridgehead atoms. The van der Waals surface area contributed by atoms with Gasteiger partial charge in [0.05, 0.1) is 20.1 Å². The van der Waals surface area contributed by atoms with E-state index in [0.29, 0.717) is 30.1 Å². The molecular weight excluding hydrogens is 488 g/mol. The number of fused-ring (bicyclic) bond motifs is 1. The molecule has 2 aromatic carbocycles. The van der Waals surface area contributed by atoms with Gasteiger partial charge in [0, 0.05) is 18.4 Å². The molecule has 8 nitrogen and oxygen atoms in total. The Balaban J connectivity index is 1.91. The quantitative estimate of drug-likeness (QED) is 0.346. The maximum Gasteiger partial charge on any atom is 0.306 e. The maximum absolute atomic E-state index is 12.4. The standard InChI is InChI=1S/C30H38O8/c1-18(2)12-27(32)36-11-7-8-20-14-22-23(17-37-28(33)13-19(3)4)29(38-30(22)26(15-20)35-6)21-9-10-24(31)25(16-21)34-5/h7-10,14-16,18-19,23,29,31H,11-13,17H2,1-6H3. The average Bonchev–Trinajstić information content (AvgIpc) is 3.22. The van der Waals surface area contributed by atoms with Crippen LogP contribution in [0.5, 0.6) is 23.0 Å². The van der Waals surface area contributed by atoms with Crippen molar-refractivity contribution in [2.45, 2.75) is 52.6 Å². The molecule has 2 unspecified atom stereocenters. The summed E-state index contributed by atoms with van der Waals surface area (Å²) in [6.45, 7) is 8.12. The zero-order valence-corrected chi connectivity index (χ0v) is 23.0. The smallest absolute Gasteiger partial charge is 0.306 e. The Morgan fingerprint density at radius 3 is 2.24 bits per heavy atom. The second-order valence-corrected chi connectivity index (χ2v) is 10.2. The molecule has 1 aliphatic heterocycles. The minimum atomic E-state index is -0.503. The molecule has 2 aromatic rings. The number of carbonyl (C=O) groups is 2. The van der Waals surface area contributed by atoms with Crippen molar-refractivity contribution in [1.82, 2.24) is 0 Å². The average molecular weight is 527 g/mol. The molecule has 3 rings (SSSR count). The van der Waals surface area contributed by atoms with Gasteiger partial charge in [0.25, 0.3) is 0 Å². The molecule has 0 saturated heterocycles. The van der Waals surface area contributed by atoms with Crippen LogP contribution in [0.1, 0.15) is 69.2 Å². The number of rotatable bonds is 12. The third-order valence-electron chi connectivity index (χ3n) is 6.09. The van der Waals surface area contributed by atoms with Crippen molar-refractivity contribution >= 4 is 18.0 Å². The van der Waals surface area contributed by atoms with Crippen molar-refractivity contribution in [3.05, 3.63) is 53.1 Å². The largest absolute Gasteiger partial charge is 0.504 e. The van der Waals surface area contributed by atoms with Crippen molar-refractivity contribution in [2.75, 3.05) is 27.4 Å². The first-order chi connectivity index (χ1) is 18.1. The highest BCUT2D eigenvalue weighted by molar-refractivity contribution is 5.70. The van der Waals surface area contributed by atoms with E-state index in [-0.39, 0.29) is 48.7 Å². The molecule has 0 aromatic heterocycles. The van der Waals surface area contributed by atoms with Gasteiger partial charge in [-0.05, 0) is 53.3 Å². The summed E-state index contributed by atoms with van der Waals surface area (Å²) in [6, 6.07) is 8.83. The minimum absolute atomic E-state index is 0.0192. The predicted octanol–water partition coefficient (Wildman–Crippen LogP) is 5.82. The highest BCUT2D eigenvalue weighted by atomic mass is 16.5. The van der Waals surface area contributed by atoms with Gasteiger partial charge < -0.3 is 28.8 Å². The summed E-state index contributed by atoms with van der Waals surface area (Å²) in [6.07, 6.45) is 3.81. The predicted molar refractivity (Wildman–Crippen MR) is 144 cm³/mol. The zero-order valence-electron chi connectivity index (χ0n) is 23.0. The van der Waals surface area contributed by atoms with Gasteiger partial charge >= 0.3 is 11.9 Å². The van der Waals surface area contributed by atoms with Gasteiger partial charge in [0.1, 0.15) is 19.3 Å². The van der Waals surface area contributed by atoms with Crippen molar-refractivity contribution in [2.24, 2.45) is 11.8 Å². The molecule has 38 heavy (non-hydrogen) atoms. The van der Waals surface area contributed by atoms with Crippen molar-refractivity contribution in [3.63, 3.8) is 0 Å². The second kappa shape index (κ2) is 13.2. The number of carbonyl (C=O) groups excluding carboxylic acids is 2. The van der Waals surface area contributed by atoms with Gasteiger partial charge in [-0.15, -0.1) is 0 Å². The van der Waals surface area contributed by atoms with E-state index < -0.39 is 6.10 Å². The Bertz CT molecular complexity index is 1150. The molecule has 0 saturated carbocycles. The van der Waals surface area contributed by atoms with E-state index in [1.165, 1.54) is 7.11 Å². The highest BCUT2D eigenvalue weighted by Gasteiger charge is 2.39. The molecule has 2 atom stereocenters. The normalized spacial score (nSPS) is 16.4. The van der Waals surface area contributed by atoms with E-state index in [1.54, 1.807) is 31.4 Å². The van der Waals surface area contributed by atoms with Crippen LogP contribution in [-0.2, 0) is 19.1 Å². The van der Waals surface area contributed by atoms with E-state index in [9.17, 15) is 14.7 Å². The van der Waals surface area contributed by atoms with Gasteiger partial charge in [-0.3, -0.25) is 9.59 Å². The fraction of sp³-hybridized carbons (Fsp3) is 0.467. The summed E-state index contributed by atoms with van der Waals surface area (Å²) in [7, 11) is 3.05. The Labute approximate surface area is 224 Å². The van der Waals surface area contributed by atoms with E-state index >= 15 is 0 Å². The molecule has 0 radical (unpaired) electrons.